The molecule has 0 spiro atoms. The summed E-state index contributed by atoms with van der Waals surface area (Å²) in [5.74, 6) is 0. The number of nitrogens with one attached hydrogen (secondary N) is 1. The highest BCUT2D eigenvalue weighted by Gasteiger charge is 2.05. The van der Waals surface area contributed by atoms with E-state index in [1.165, 1.54) is 16.0 Å². The standard InChI is InChI=1S/C13H16N2S/c1-10-5-8-16-13(10)9-15-11(2)12-3-6-14-7-4-12/h3-8,11,15H,9H2,1-2H3/t11-/m0/s1. The third kappa shape index (κ3) is 2.68. The van der Waals surface area contributed by atoms with Crippen molar-refractivity contribution in [1.82, 2.24) is 10.3 Å². The molecule has 0 aliphatic heterocycles. The van der Waals surface area contributed by atoms with Crippen molar-refractivity contribution in [2.75, 3.05) is 0 Å². The Morgan fingerprint density at radius 3 is 2.69 bits per heavy atom. The molecule has 0 radical (unpaired) electrons. The maximum atomic E-state index is 4.03. The molecule has 0 saturated carbocycles. The average Bonchev–Trinajstić information content (AvgIpc) is 2.73. The third-order valence-electron chi connectivity index (χ3n) is 2.74. The minimum absolute atomic E-state index is 0.365. The Kier molecular flexibility index (Phi) is 3.70. The van der Waals surface area contributed by atoms with E-state index in [1.54, 1.807) is 0 Å². The summed E-state index contributed by atoms with van der Waals surface area (Å²) >= 11 is 1.81. The molecule has 2 nitrogen and oxygen atoms in total. The molecular weight excluding hydrogens is 216 g/mol. The summed E-state index contributed by atoms with van der Waals surface area (Å²) in [5.41, 5.74) is 2.66. The molecule has 0 unspecified atom stereocenters. The van der Waals surface area contributed by atoms with Gasteiger partial charge in [0, 0.05) is 29.9 Å². The second-order valence-electron chi connectivity index (χ2n) is 3.91. The monoisotopic (exact) mass is 232 g/mol. The predicted molar refractivity (Wildman–Crippen MR) is 68.5 cm³/mol. The quantitative estimate of drug-likeness (QED) is 0.875. The Morgan fingerprint density at radius 1 is 1.31 bits per heavy atom. The largest absolute Gasteiger partial charge is 0.305 e. The van der Waals surface area contributed by atoms with Crippen LogP contribution in [0.4, 0.5) is 0 Å². The number of aromatic nitrogens is 1. The van der Waals surface area contributed by atoms with Crippen LogP contribution in [-0.4, -0.2) is 4.98 Å². The lowest BCUT2D eigenvalue weighted by Gasteiger charge is -2.13. The van der Waals surface area contributed by atoms with Gasteiger partial charge in [-0.2, -0.15) is 0 Å². The van der Waals surface area contributed by atoms with Crippen LogP contribution in [0, 0.1) is 6.92 Å². The highest BCUT2D eigenvalue weighted by Crippen LogP contribution is 2.17. The number of nitrogens with zero attached hydrogens (tertiary/aromatic N) is 1. The van der Waals surface area contributed by atoms with Crippen LogP contribution >= 0.6 is 11.3 Å². The summed E-state index contributed by atoms with van der Waals surface area (Å²) in [7, 11) is 0. The van der Waals surface area contributed by atoms with E-state index >= 15 is 0 Å². The Bertz CT molecular complexity index is 436. The average molecular weight is 232 g/mol. The van der Waals surface area contributed by atoms with E-state index in [2.05, 4.69) is 47.7 Å². The van der Waals surface area contributed by atoms with Crippen LogP contribution in [-0.2, 0) is 6.54 Å². The number of hydrogen-bond acceptors (Lipinski definition) is 3. The normalized spacial score (nSPS) is 12.6. The van der Waals surface area contributed by atoms with E-state index < -0.39 is 0 Å². The molecule has 1 atom stereocenters. The summed E-state index contributed by atoms with van der Waals surface area (Å²) in [6, 6.07) is 6.64. The van der Waals surface area contributed by atoms with Gasteiger partial charge >= 0.3 is 0 Å². The van der Waals surface area contributed by atoms with Gasteiger partial charge in [0.2, 0.25) is 0 Å². The highest BCUT2D eigenvalue weighted by molar-refractivity contribution is 7.10. The van der Waals surface area contributed by atoms with Crippen LogP contribution in [0.3, 0.4) is 0 Å². The Labute approximate surface area is 100 Å². The van der Waals surface area contributed by atoms with Crippen LogP contribution in [0.1, 0.15) is 29.0 Å². The van der Waals surface area contributed by atoms with Gasteiger partial charge in [0.15, 0.2) is 0 Å². The lowest BCUT2D eigenvalue weighted by molar-refractivity contribution is 0.577. The summed E-state index contributed by atoms with van der Waals surface area (Å²) in [4.78, 5) is 5.44. The zero-order valence-electron chi connectivity index (χ0n) is 9.60. The zero-order valence-corrected chi connectivity index (χ0v) is 10.4. The van der Waals surface area contributed by atoms with E-state index in [0.29, 0.717) is 6.04 Å². The molecule has 2 heterocycles. The molecule has 0 aliphatic rings. The van der Waals surface area contributed by atoms with Crippen LogP contribution in [0.2, 0.25) is 0 Å². The zero-order chi connectivity index (χ0) is 11.4. The van der Waals surface area contributed by atoms with Crippen LogP contribution < -0.4 is 5.32 Å². The van der Waals surface area contributed by atoms with Crippen molar-refractivity contribution in [2.45, 2.75) is 26.4 Å². The number of rotatable bonds is 4. The minimum Gasteiger partial charge on any atom is -0.305 e. The second-order valence-corrected chi connectivity index (χ2v) is 4.91. The smallest absolute Gasteiger partial charge is 0.0308 e. The Balaban J connectivity index is 1.94. The molecule has 2 aromatic heterocycles. The maximum absolute atomic E-state index is 4.03. The molecule has 3 heteroatoms. The molecule has 84 valence electrons. The van der Waals surface area contributed by atoms with Gasteiger partial charge in [-0.1, -0.05) is 0 Å². The molecule has 0 saturated heterocycles. The first-order chi connectivity index (χ1) is 7.77. The van der Waals surface area contributed by atoms with Crippen molar-refractivity contribution in [1.29, 1.82) is 0 Å². The van der Waals surface area contributed by atoms with E-state index in [-0.39, 0.29) is 0 Å². The van der Waals surface area contributed by atoms with Crippen molar-refractivity contribution in [3.63, 3.8) is 0 Å². The number of aryl methyl sites for hydroxylation is 1. The van der Waals surface area contributed by atoms with E-state index in [9.17, 15) is 0 Å². The van der Waals surface area contributed by atoms with Crippen molar-refractivity contribution in [2.24, 2.45) is 0 Å². The van der Waals surface area contributed by atoms with Crippen LogP contribution in [0.15, 0.2) is 36.0 Å². The fourth-order valence-electron chi connectivity index (χ4n) is 1.60. The fraction of sp³-hybridized carbons (Fsp3) is 0.308. The van der Waals surface area contributed by atoms with Crippen molar-refractivity contribution in [3.05, 3.63) is 52.0 Å². The van der Waals surface area contributed by atoms with Crippen molar-refractivity contribution in [3.8, 4) is 0 Å². The van der Waals surface area contributed by atoms with Gasteiger partial charge in [0.05, 0.1) is 0 Å². The number of pyridine rings is 1. The van der Waals surface area contributed by atoms with Gasteiger partial charge < -0.3 is 5.32 Å². The van der Waals surface area contributed by atoms with E-state index in [4.69, 9.17) is 0 Å². The predicted octanol–water partition coefficient (Wildman–Crippen LogP) is 3.30. The van der Waals surface area contributed by atoms with Crippen LogP contribution in [0.5, 0.6) is 0 Å². The molecule has 16 heavy (non-hydrogen) atoms. The Morgan fingerprint density at radius 2 is 2.06 bits per heavy atom. The van der Waals surface area contributed by atoms with Gasteiger partial charge in [0.25, 0.3) is 0 Å². The van der Waals surface area contributed by atoms with Crippen LogP contribution in [0.25, 0.3) is 0 Å². The van der Waals surface area contributed by atoms with Crippen molar-refractivity contribution < 1.29 is 0 Å². The summed E-state index contributed by atoms with van der Waals surface area (Å²) in [6.07, 6.45) is 3.67. The first-order valence-electron chi connectivity index (χ1n) is 5.43. The molecule has 1 N–H and O–H groups in total. The second kappa shape index (κ2) is 5.23. The van der Waals surface area contributed by atoms with Gasteiger partial charge in [0.1, 0.15) is 0 Å². The first kappa shape index (κ1) is 11.3. The Hall–Kier alpha value is -1.19. The SMILES string of the molecule is Cc1ccsc1CN[C@@H](C)c1ccncc1. The number of hydrogen-bond donors (Lipinski definition) is 1. The number of thiophene rings is 1. The molecule has 0 aliphatic carbocycles. The fourth-order valence-corrected chi connectivity index (χ4v) is 2.46. The van der Waals surface area contributed by atoms with Gasteiger partial charge in [-0.15, -0.1) is 11.3 Å². The molecule has 0 bridgehead atoms. The van der Waals surface area contributed by atoms with Gasteiger partial charge in [-0.25, -0.2) is 0 Å². The summed E-state index contributed by atoms with van der Waals surface area (Å²) < 4.78 is 0. The molecule has 0 fully saturated rings. The molecular formula is C13H16N2S. The maximum Gasteiger partial charge on any atom is 0.0308 e. The van der Waals surface area contributed by atoms with Crippen molar-refractivity contribution >= 4 is 11.3 Å². The lowest BCUT2D eigenvalue weighted by Crippen LogP contribution is -2.17. The van der Waals surface area contributed by atoms with E-state index in [0.717, 1.165) is 6.54 Å². The molecule has 0 aromatic carbocycles. The third-order valence-corrected chi connectivity index (χ3v) is 3.77. The molecule has 2 rings (SSSR count). The first-order valence-corrected chi connectivity index (χ1v) is 6.31. The minimum atomic E-state index is 0.365. The topological polar surface area (TPSA) is 24.9 Å². The molecule has 2 aromatic rings. The van der Waals surface area contributed by atoms with Gasteiger partial charge in [-0.05, 0) is 48.6 Å². The molecule has 0 amide bonds. The lowest BCUT2D eigenvalue weighted by atomic mass is 10.1. The van der Waals surface area contributed by atoms with E-state index in [1.807, 2.05) is 23.7 Å². The summed E-state index contributed by atoms with van der Waals surface area (Å²) in [5, 5.41) is 5.67. The summed E-state index contributed by atoms with van der Waals surface area (Å²) in [6.45, 7) is 5.27. The van der Waals surface area contributed by atoms with Gasteiger partial charge in [-0.3, -0.25) is 4.98 Å². The highest BCUT2D eigenvalue weighted by atomic mass is 32.1.